The third-order valence-electron chi connectivity index (χ3n) is 3.96. The topological polar surface area (TPSA) is 37.4 Å². The number of carbonyl (C=O) groups excluding carboxylic acids is 2. The first-order valence-electron chi connectivity index (χ1n) is 7.12. The molecule has 0 atom stereocenters. The highest BCUT2D eigenvalue weighted by atomic mass is 16.2. The fraction of sp³-hybridized carbons (Fsp3) is 0.222. The molecule has 0 aliphatic carbocycles. The number of carbonyl (C=O) groups is 2. The zero-order chi connectivity index (χ0) is 14.8. The molecule has 106 valence electrons. The van der Waals surface area contributed by atoms with E-state index in [1.807, 2.05) is 48.5 Å². The Hall–Kier alpha value is -2.42. The Kier molecular flexibility index (Phi) is 3.57. The molecule has 21 heavy (non-hydrogen) atoms. The van der Waals surface area contributed by atoms with Crippen molar-refractivity contribution in [3.05, 3.63) is 65.2 Å². The maximum absolute atomic E-state index is 12.3. The number of Topliss-reactive ketones (excluding diaryl/α,β-unsaturated/α-hetero) is 1. The first-order valence-corrected chi connectivity index (χ1v) is 7.12. The number of anilines is 1. The summed E-state index contributed by atoms with van der Waals surface area (Å²) < 4.78 is 0. The van der Waals surface area contributed by atoms with Crippen LogP contribution in [0.1, 0.15) is 27.9 Å². The van der Waals surface area contributed by atoms with Gasteiger partial charge in [-0.3, -0.25) is 9.59 Å². The molecule has 0 N–H and O–H groups in total. The van der Waals surface area contributed by atoms with Crippen molar-refractivity contribution >= 4 is 17.4 Å². The van der Waals surface area contributed by atoms with Gasteiger partial charge < -0.3 is 4.90 Å². The Labute approximate surface area is 124 Å². The number of benzene rings is 2. The van der Waals surface area contributed by atoms with Crippen LogP contribution in [-0.2, 0) is 17.6 Å². The minimum absolute atomic E-state index is 0.0823. The maximum Gasteiger partial charge on any atom is 0.231 e. The first kappa shape index (κ1) is 13.6. The molecule has 0 saturated carbocycles. The minimum atomic E-state index is 0.0823. The fourth-order valence-electron chi connectivity index (χ4n) is 2.69. The van der Waals surface area contributed by atoms with Crippen molar-refractivity contribution in [1.29, 1.82) is 0 Å². The lowest BCUT2D eigenvalue weighted by atomic mass is 10.0. The van der Waals surface area contributed by atoms with Gasteiger partial charge in [-0.15, -0.1) is 0 Å². The summed E-state index contributed by atoms with van der Waals surface area (Å²) in [5.74, 6) is 0.211. The predicted octanol–water partition coefficient (Wildman–Crippen LogP) is 3.02. The van der Waals surface area contributed by atoms with Crippen LogP contribution in [0.4, 0.5) is 5.69 Å². The van der Waals surface area contributed by atoms with Crippen molar-refractivity contribution in [3.63, 3.8) is 0 Å². The van der Waals surface area contributed by atoms with E-state index in [9.17, 15) is 9.59 Å². The Bertz CT molecular complexity index is 692. The molecule has 0 spiro atoms. The normalized spacial score (nSPS) is 13.4. The molecule has 3 heteroatoms. The lowest BCUT2D eigenvalue weighted by molar-refractivity contribution is -0.117. The van der Waals surface area contributed by atoms with E-state index >= 15 is 0 Å². The van der Waals surface area contributed by atoms with Crippen molar-refractivity contribution in [2.75, 3.05) is 11.9 Å². The highest BCUT2D eigenvalue weighted by Crippen LogP contribution is 2.28. The Morgan fingerprint density at radius 1 is 1.14 bits per heavy atom. The smallest absolute Gasteiger partial charge is 0.231 e. The second-order valence-corrected chi connectivity index (χ2v) is 5.38. The summed E-state index contributed by atoms with van der Waals surface area (Å²) in [4.78, 5) is 25.6. The molecule has 2 aromatic carbocycles. The summed E-state index contributed by atoms with van der Waals surface area (Å²) in [6, 6.07) is 15.6. The molecule has 0 unspecified atom stereocenters. The van der Waals surface area contributed by atoms with Crippen LogP contribution in [0, 0.1) is 0 Å². The van der Waals surface area contributed by atoms with Gasteiger partial charge in [0.25, 0.3) is 0 Å². The summed E-state index contributed by atoms with van der Waals surface area (Å²) in [6.45, 7) is 0. The molecular weight excluding hydrogens is 262 g/mol. The second kappa shape index (κ2) is 5.52. The van der Waals surface area contributed by atoms with Gasteiger partial charge in [0.2, 0.25) is 5.91 Å². The van der Waals surface area contributed by atoms with Crippen molar-refractivity contribution in [2.24, 2.45) is 0 Å². The number of hydrogen-bond acceptors (Lipinski definition) is 2. The molecule has 0 radical (unpaired) electrons. The zero-order valence-corrected chi connectivity index (χ0v) is 12.0. The molecular formula is C18H17NO2. The molecule has 2 aromatic rings. The van der Waals surface area contributed by atoms with Crippen LogP contribution in [0.5, 0.6) is 0 Å². The number of rotatable bonds is 4. The maximum atomic E-state index is 12.3. The average Bonchev–Trinajstić information content (AvgIpc) is 2.80. The van der Waals surface area contributed by atoms with Gasteiger partial charge in [0.05, 0.1) is 6.42 Å². The van der Waals surface area contributed by atoms with E-state index in [2.05, 4.69) is 0 Å². The van der Waals surface area contributed by atoms with Crippen LogP contribution in [0.25, 0.3) is 0 Å². The lowest BCUT2D eigenvalue weighted by Crippen LogP contribution is -2.20. The monoisotopic (exact) mass is 279 g/mol. The summed E-state index contributed by atoms with van der Waals surface area (Å²) in [6.07, 6.45) is 1.63. The third-order valence-corrected chi connectivity index (χ3v) is 3.96. The molecule has 3 nitrogen and oxygen atoms in total. The van der Waals surface area contributed by atoms with Crippen LogP contribution in [-0.4, -0.2) is 18.7 Å². The second-order valence-electron chi connectivity index (χ2n) is 5.38. The highest BCUT2D eigenvalue weighted by Gasteiger charge is 2.24. The Morgan fingerprint density at radius 2 is 1.90 bits per heavy atom. The van der Waals surface area contributed by atoms with E-state index in [1.165, 1.54) is 5.56 Å². The fourth-order valence-corrected chi connectivity index (χ4v) is 2.69. The lowest BCUT2D eigenvalue weighted by Gasteiger charge is -2.10. The molecule has 1 amide bonds. The first-order chi connectivity index (χ1) is 10.1. The summed E-state index contributed by atoms with van der Waals surface area (Å²) in [5.41, 5.74) is 3.74. The van der Waals surface area contributed by atoms with Gasteiger partial charge in [-0.2, -0.15) is 0 Å². The van der Waals surface area contributed by atoms with E-state index in [0.29, 0.717) is 18.4 Å². The Balaban J connectivity index is 1.72. The van der Waals surface area contributed by atoms with Crippen LogP contribution in [0.15, 0.2) is 48.5 Å². The van der Waals surface area contributed by atoms with Crippen LogP contribution < -0.4 is 4.90 Å². The average molecular weight is 279 g/mol. The van der Waals surface area contributed by atoms with Crippen LogP contribution >= 0.6 is 0 Å². The number of aryl methyl sites for hydroxylation is 1. The molecule has 1 aliphatic heterocycles. The standard InChI is InChI=1S/C18H17NO2/c1-19-16-9-8-14(11-15(16)12-18(19)21)17(20)10-7-13-5-3-2-4-6-13/h2-6,8-9,11H,7,10,12H2,1H3. The quantitative estimate of drug-likeness (QED) is 0.807. The van der Waals surface area contributed by atoms with Gasteiger partial charge in [-0.05, 0) is 35.7 Å². The van der Waals surface area contributed by atoms with Gasteiger partial charge in [0.15, 0.2) is 5.78 Å². The molecule has 0 saturated heterocycles. The molecule has 0 bridgehead atoms. The number of nitrogens with zero attached hydrogens (tertiary/aromatic N) is 1. The summed E-state index contributed by atoms with van der Waals surface area (Å²) >= 11 is 0. The van der Waals surface area contributed by atoms with Crippen molar-refractivity contribution in [3.8, 4) is 0 Å². The van der Waals surface area contributed by atoms with Crippen molar-refractivity contribution in [2.45, 2.75) is 19.3 Å². The third kappa shape index (κ3) is 2.72. The number of hydrogen-bond donors (Lipinski definition) is 0. The minimum Gasteiger partial charge on any atom is -0.315 e. The van der Waals surface area contributed by atoms with Gasteiger partial charge in [0.1, 0.15) is 0 Å². The number of fused-ring (bicyclic) bond motifs is 1. The highest BCUT2D eigenvalue weighted by molar-refractivity contribution is 6.03. The molecule has 1 heterocycles. The van der Waals surface area contributed by atoms with Gasteiger partial charge in [0, 0.05) is 24.7 Å². The zero-order valence-electron chi connectivity index (χ0n) is 12.0. The SMILES string of the molecule is CN1C(=O)Cc2cc(C(=O)CCc3ccccc3)ccc21. The van der Waals surface area contributed by atoms with Gasteiger partial charge in [-0.25, -0.2) is 0 Å². The van der Waals surface area contributed by atoms with E-state index in [-0.39, 0.29) is 11.7 Å². The number of likely N-dealkylation sites (N-methyl/N-ethyl adjacent to an activating group) is 1. The van der Waals surface area contributed by atoms with E-state index in [0.717, 1.165) is 17.7 Å². The molecule has 1 aliphatic rings. The molecule has 0 fully saturated rings. The molecule has 3 rings (SSSR count). The number of amides is 1. The van der Waals surface area contributed by atoms with Gasteiger partial charge >= 0.3 is 0 Å². The summed E-state index contributed by atoms with van der Waals surface area (Å²) in [7, 11) is 1.77. The largest absolute Gasteiger partial charge is 0.315 e. The van der Waals surface area contributed by atoms with Gasteiger partial charge in [-0.1, -0.05) is 30.3 Å². The van der Waals surface area contributed by atoms with Crippen molar-refractivity contribution in [1.82, 2.24) is 0 Å². The van der Waals surface area contributed by atoms with Crippen LogP contribution in [0.2, 0.25) is 0 Å². The van der Waals surface area contributed by atoms with Crippen LogP contribution in [0.3, 0.4) is 0 Å². The van der Waals surface area contributed by atoms with Crippen molar-refractivity contribution < 1.29 is 9.59 Å². The van der Waals surface area contributed by atoms with E-state index in [1.54, 1.807) is 11.9 Å². The Morgan fingerprint density at radius 3 is 2.67 bits per heavy atom. The molecule has 0 aromatic heterocycles. The number of ketones is 1. The van der Waals surface area contributed by atoms with E-state index in [4.69, 9.17) is 0 Å². The predicted molar refractivity (Wildman–Crippen MR) is 82.6 cm³/mol. The summed E-state index contributed by atoms with van der Waals surface area (Å²) in [5, 5.41) is 0. The van der Waals surface area contributed by atoms with E-state index < -0.39 is 0 Å².